The van der Waals surface area contributed by atoms with E-state index in [4.69, 9.17) is 5.11 Å². The zero-order chi connectivity index (χ0) is 12.9. The van der Waals surface area contributed by atoms with E-state index in [-0.39, 0.29) is 5.91 Å². The molecule has 4 heteroatoms. The zero-order valence-electron chi connectivity index (χ0n) is 10.3. The number of allylic oxidation sites excluding steroid dienone is 1. The summed E-state index contributed by atoms with van der Waals surface area (Å²) in [6, 6.07) is 0. The van der Waals surface area contributed by atoms with Gasteiger partial charge in [-0.1, -0.05) is 31.9 Å². The second-order valence-corrected chi connectivity index (χ2v) is 3.72. The van der Waals surface area contributed by atoms with Crippen molar-refractivity contribution in [3.63, 3.8) is 0 Å². The normalized spacial score (nSPS) is 11.1. The summed E-state index contributed by atoms with van der Waals surface area (Å²) >= 11 is 0. The van der Waals surface area contributed by atoms with E-state index in [9.17, 15) is 9.59 Å². The number of carbonyl (C=O) groups excluding carboxylic acids is 1. The number of nitrogens with one attached hydrogen (secondary N) is 1. The van der Waals surface area contributed by atoms with Crippen molar-refractivity contribution in [1.82, 2.24) is 5.32 Å². The van der Waals surface area contributed by atoms with Gasteiger partial charge in [-0.2, -0.15) is 0 Å². The van der Waals surface area contributed by atoms with Crippen molar-refractivity contribution in [2.45, 2.75) is 39.0 Å². The molecule has 0 spiro atoms. The first-order valence-corrected chi connectivity index (χ1v) is 6.00. The fraction of sp³-hybridized carbons (Fsp3) is 0.538. The molecular formula is C13H21NO3. The molecule has 0 aliphatic heterocycles. The summed E-state index contributed by atoms with van der Waals surface area (Å²) < 4.78 is 0. The lowest BCUT2D eigenvalue weighted by Gasteiger charge is -1.97. The van der Waals surface area contributed by atoms with Crippen molar-refractivity contribution < 1.29 is 14.7 Å². The molecule has 1 amide bonds. The van der Waals surface area contributed by atoms with Gasteiger partial charge in [0, 0.05) is 18.7 Å². The lowest BCUT2D eigenvalue weighted by molar-refractivity contribution is -0.131. The second kappa shape index (κ2) is 10.9. The van der Waals surface area contributed by atoms with Gasteiger partial charge in [-0.15, -0.1) is 0 Å². The minimum absolute atomic E-state index is 0.369. The van der Waals surface area contributed by atoms with Crippen LogP contribution in [0, 0.1) is 0 Å². The van der Waals surface area contributed by atoms with Crippen LogP contribution in [0.4, 0.5) is 0 Å². The molecule has 0 radical (unpaired) electrons. The van der Waals surface area contributed by atoms with Gasteiger partial charge in [0.1, 0.15) is 0 Å². The fourth-order valence-electron chi connectivity index (χ4n) is 1.23. The lowest BCUT2D eigenvalue weighted by Crippen LogP contribution is -2.21. The molecule has 0 aliphatic rings. The molecule has 17 heavy (non-hydrogen) atoms. The Balaban J connectivity index is 3.44. The maximum absolute atomic E-state index is 11.0. The van der Waals surface area contributed by atoms with E-state index in [0.717, 1.165) is 25.0 Å². The van der Waals surface area contributed by atoms with Gasteiger partial charge in [-0.25, -0.2) is 4.79 Å². The van der Waals surface area contributed by atoms with Crippen LogP contribution in [-0.4, -0.2) is 23.5 Å². The minimum atomic E-state index is -1.11. The van der Waals surface area contributed by atoms with Crippen LogP contribution in [0.25, 0.3) is 0 Å². The summed E-state index contributed by atoms with van der Waals surface area (Å²) in [6.45, 7) is 2.71. The first-order chi connectivity index (χ1) is 8.16. The van der Waals surface area contributed by atoms with Gasteiger partial charge in [-0.05, 0) is 19.3 Å². The smallest absolute Gasteiger partial charge is 0.328 e. The van der Waals surface area contributed by atoms with E-state index >= 15 is 0 Å². The molecule has 0 unspecified atom stereocenters. The number of hydrogen-bond acceptors (Lipinski definition) is 2. The maximum atomic E-state index is 11.0. The van der Waals surface area contributed by atoms with Crippen LogP contribution >= 0.6 is 0 Å². The number of aliphatic carboxylic acids is 1. The summed E-state index contributed by atoms with van der Waals surface area (Å²) in [4.78, 5) is 21.2. The Morgan fingerprint density at radius 3 is 2.47 bits per heavy atom. The van der Waals surface area contributed by atoms with Crippen molar-refractivity contribution >= 4 is 11.9 Å². The molecule has 4 nitrogen and oxygen atoms in total. The molecule has 96 valence electrons. The Morgan fingerprint density at radius 2 is 1.82 bits per heavy atom. The van der Waals surface area contributed by atoms with Gasteiger partial charge < -0.3 is 10.4 Å². The summed E-state index contributed by atoms with van der Waals surface area (Å²) in [6.07, 6.45) is 11.6. The third-order valence-electron chi connectivity index (χ3n) is 2.13. The van der Waals surface area contributed by atoms with Gasteiger partial charge in [0.2, 0.25) is 5.91 Å². The molecule has 0 fully saturated rings. The maximum Gasteiger partial charge on any atom is 0.328 e. The highest BCUT2D eigenvalue weighted by atomic mass is 16.4. The van der Waals surface area contributed by atoms with Crippen LogP contribution in [0.3, 0.4) is 0 Å². The van der Waals surface area contributed by atoms with Crippen LogP contribution in [-0.2, 0) is 9.59 Å². The Bertz CT molecular complexity index is 282. The standard InChI is InChI=1S/C13H21NO3/c1-2-3-4-5-6-7-8-11-14-12(15)9-10-13(16)17/h6-7,9-10H,2-5,8,11H2,1H3,(H,14,15)(H,16,17)/b7-6+,10-9+. The van der Waals surface area contributed by atoms with E-state index < -0.39 is 5.97 Å². The topological polar surface area (TPSA) is 66.4 Å². The molecule has 0 rings (SSSR count). The highest BCUT2D eigenvalue weighted by molar-refractivity contribution is 5.93. The van der Waals surface area contributed by atoms with Crippen molar-refractivity contribution in [3.8, 4) is 0 Å². The average molecular weight is 239 g/mol. The highest BCUT2D eigenvalue weighted by Gasteiger charge is 1.94. The first kappa shape index (κ1) is 15.4. The third kappa shape index (κ3) is 12.4. The molecule has 2 N–H and O–H groups in total. The molecule has 0 saturated heterocycles. The number of rotatable bonds is 9. The zero-order valence-corrected chi connectivity index (χ0v) is 10.3. The Labute approximate surface area is 102 Å². The third-order valence-corrected chi connectivity index (χ3v) is 2.13. The van der Waals surface area contributed by atoms with Crippen LogP contribution in [0.5, 0.6) is 0 Å². The molecule has 0 aromatic carbocycles. The SMILES string of the molecule is CCCCC/C=C/CCNC(=O)/C=C/C(=O)O. The number of unbranched alkanes of at least 4 members (excludes halogenated alkanes) is 3. The first-order valence-electron chi connectivity index (χ1n) is 6.00. The van der Waals surface area contributed by atoms with Crippen LogP contribution < -0.4 is 5.32 Å². The molecule has 0 aromatic rings. The summed E-state index contributed by atoms with van der Waals surface area (Å²) in [7, 11) is 0. The molecule has 0 saturated carbocycles. The lowest BCUT2D eigenvalue weighted by atomic mass is 10.2. The largest absolute Gasteiger partial charge is 0.478 e. The average Bonchev–Trinajstić information content (AvgIpc) is 2.30. The van der Waals surface area contributed by atoms with E-state index in [2.05, 4.69) is 18.3 Å². The number of carbonyl (C=O) groups is 2. The van der Waals surface area contributed by atoms with Crippen LogP contribution in [0.1, 0.15) is 39.0 Å². The van der Waals surface area contributed by atoms with E-state index in [0.29, 0.717) is 6.54 Å². The van der Waals surface area contributed by atoms with Crippen molar-refractivity contribution in [3.05, 3.63) is 24.3 Å². The summed E-state index contributed by atoms with van der Waals surface area (Å²) in [5.74, 6) is -1.48. The van der Waals surface area contributed by atoms with Gasteiger partial charge in [-0.3, -0.25) is 4.79 Å². The van der Waals surface area contributed by atoms with Gasteiger partial charge >= 0.3 is 5.97 Å². The number of carboxylic acid groups (broad SMARTS) is 1. The Morgan fingerprint density at radius 1 is 1.12 bits per heavy atom. The molecule has 0 atom stereocenters. The molecule has 0 bridgehead atoms. The number of amides is 1. The van der Waals surface area contributed by atoms with Crippen LogP contribution in [0.15, 0.2) is 24.3 Å². The molecular weight excluding hydrogens is 218 g/mol. The van der Waals surface area contributed by atoms with Gasteiger partial charge in [0.05, 0.1) is 0 Å². The highest BCUT2D eigenvalue weighted by Crippen LogP contribution is 1.99. The van der Waals surface area contributed by atoms with Crippen molar-refractivity contribution in [2.24, 2.45) is 0 Å². The van der Waals surface area contributed by atoms with Gasteiger partial charge in [0.15, 0.2) is 0 Å². The number of hydrogen-bond donors (Lipinski definition) is 2. The molecule has 0 aromatic heterocycles. The minimum Gasteiger partial charge on any atom is -0.478 e. The second-order valence-electron chi connectivity index (χ2n) is 3.72. The quantitative estimate of drug-likeness (QED) is 0.368. The number of carboxylic acids is 1. The molecule has 0 aliphatic carbocycles. The molecule has 0 heterocycles. The summed E-state index contributed by atoms with van der Waals surface area (Å²) in [5.41, 5.74) is 0. The predicted octanol–water partition coefficient (Wildman–Crippen LogP) is 2.27. The monoisotopic (exact) mass is 239 g/mol. The van der Waals surface area contributed by atoms with E-state index in [1.807, 2.05) is 6.08 Å². The predicted molar refractivity (Wildman–Crippen MR) is 67.7 cm³/mol. The van der Waals surface area contributed by atoms with Crippen molar-refractivity contribution in [1.29, 1.82) is 0 Å². The van der Waals surface area contributed by atoms with Crippen molar-refractivity contribution in [2.75, 3.05) is 6.54 Å². The summed E-state index contributed by atoms with van der Waals surface area (Å²) in [5, 5.41) is 10.9. The fourth-order valence-corrected chi connectivity index (χ4v) is 1.23. The van der Waals surface area contributed by atoms with Crippen LogP contribution in [0.2, 0.25) is 0 Å². The Hall–Kier alpha value is -1.58. The van der Waals surface area contributed by atoms with Gasteiger partial charge in [0.25, 0.3) is 0 Å². The van der Waals surface area contributed by atoms with E-state index in [1.54, 1.807) is 0 Å². The van der Waals surface area contributed by atoms with E-state index in [1.165, 1.54) is 19.3 Å². The Kier molecular flexibility index (Phi) is 9.91.